The van der Waals surface area contributed by atoms with Gasteiger partial charge >= 0.3 is 0 Å². The lowest BCUT2D eigenvalue weighted by Crippen LogP contribution is -2.11. The molecule has 0 N–H and O–H groups in total. The molecule has 0 amide bonds. The summed E-state index contributed by atoms with van der Waals surface area (Å²) in [5.41, 5.74) is 0.554. The molecule has 0 aliphatic heterocycles. The molecular formula is C21H40. The minimum Gasteiger partial charge on any atom is -0.107 e. The molecule has 0 heterocycles. The third-order valence-electron chi connectivity index (χ3n) is 4.54. The molecule has 0 atom stereocenters. The Morgan fingerprint density at radius 3 is 1.67 bits per heavy atom. The Kier molecular flexibility index (Phi) is 14.2. The minimum absolute atomic E-state index is 0.554. The van der Waals surface area contributed by atoms with E-state index in [2.05, 4.69) is 32.6 Å². The molecule has 124 valence electrons. The molecule has 0 aromatic heterocycles. The van der Waals surface area contributed by atoms with E-state index in [0.717, 1.165) is 6.42 Å². The predicted molar refractivity (Wildman–Crippen MR) is 97.5 cm³/mol. The van der Waals surface area contributed by atoms with E-state index in [1.807, 2.05) is 6.92 Å². The Balaban J connectivity index is 3.39. The monoisotopic (exact) mass is 292 g/mol. The molecule has 21 heavy (non-hydrogen) atoms. The first-order valence-electron chi connectivity index (χ1n) is 9.52. The summed E-state index contributed by atoms with van der Waals surface area (Å²) in [4.78, 5) is 0. The highest BCUT2D eigenvalue weighted by Gasteiger charge is 2.16. The van der Waals surface area contributed by atoms with Crippen LogP contribution in [0.1, 0.15) is 118 Å². The van der Waals surface area contributed by atoms with Crippen LogP contribution in [0.15, 0.2) is 0 Å². The third kappa shape index (κ3) is 15.8. The maximum Gasteiger partial charge on any atom is 0.00885 e. The Morgan fingerprint density at radius 2 is 1.14 bits per heavy atom. The fraction of sp³-hybridized carbons (Fsp3) is 0.905. The Morgan fingerprint density at radius 1 is 0.667 bits per heavy atom. The van der Waals surface area contributed by atoms with Crippen molar-refractivity contribution in [2.24, 2.45) is 5.41 Å². The molecule has 0 nitrogen and oxygen atoms in total. The van der Waals surface area contributed by atoms with E-state index < -0.39 is 0 Å². The zero-order valence-electron chi connectivity index (χ0n) is 15.4. The SMILES string of the molecule is CC#CCCCCCC(C)(C)CCCCCCCCCC. The van der Waals surface area contributed by atoms with Crippen LogP contribution in [0.4, 0.5) is 0 Å². The minimum atomic E-state index is 0.554. The van der Waals surface area contributed by atoms with Crippen molar-refractivity contribution in [3.8, 4) is 11.8 Å². The van der Waals surface area contributed by atoms with Gasteiger partial charge in [0, 0.05) is 6.42 Å². The highest BCUT2D eigenvalue weighted by molar-refractivity contribution is 4.94. The maximum absolute atomic E-state index is 3.16. The van der Waals surface area contributed by atoms with Gasteiger partial charge in [-0.2, -0.15) is 0 Å². The zero-order valence-corrected chi connectivity index (χ0v) is 15.4. The lowest BCUT2D eigenvalue weighted by atomic mass is 9.82. The van der Waals surface area contributed by atoms with Crippen LogP contribution in [0.3, 0.4) is 0 Å². The smallest absolute Gasteiger partial charge is 0.00885 e. The molecule has 0 aromatic carbocycles. The van der Waals surface area contributed by atoms with Gasteiger partial charge in [0.05, 0.1) is 0 Å². The van der Waals surface area contributed by atoms with Crippen LogP contribution >= 0.6 is 0 Å². The lowest BCUT2D eigenvalue weighted by Gasteiger charge is -2.24. The Hall–Kier alpha value is -0.440. The average Bonchev–Trinajstić information content (AvgIpc) is 2.45. The highest BCUT2D eigenvalue weighted by atomic mass is 14.2. The van der Waals surface area contributed by atoms with Crippen molar-refractivity contribution in [1.29, 1.82) is 0 Å². The Labute approximate surface area is 135 Å². The predicted octanol–water partition coefficient (Wildman–Crippen LogP) is 7.52. The summed E-state index contributed by atoms with van der Waals surface area (Å²) in [7, 11) is 0. The number of rotatable bonds is 14. The van der Waals surface area contributed by atoms with Crippen molar-refractivity contribution >= 4 is 0 Å². The van der Waals surface area contributed by atoms with Gasteiger partial charge in [-0.3, -0.25) is 0 Å². The fourth-order valence-corrected chi connectivity index (χ4v) is 2.98. The van der Waals surface area contributed by atoms with Gasteiger partial charge in [-0.25, -0.2) is 0 Å². The van der Waals surface area contributed by atoms with Crippen LogP contribution in [0.5, 0.6) is 0 Å². The number of hydrogen-bond acceptors (Lipinski definition) is 0. The zero-order chi connectivity index (χ0) is 15.8. The second-order valence-corrected chi connectivity index (χ2v) is 7.38. The molecule has 0 heteroatoms. The van der Waals surface area contributed by atoms with Gasteiger partial charge in [0.1, 0.15) is 0 Å². The van der Waals surface area contributed by atoms with Gasteiger partial charge in [0.2, 0.25) is 0 Å². The van der Waals surface area contributed by atoms with Crippen molar-refractivity contribution in [1.82, 2.24) is 0 Å². The van der Waals surface area contributed by atoms with Gasteiger partial charge < -0.3 is 0 Å². The second-order valence-electron chi connectivity index (χ2n) is 7.38. The summed E-state index contributed by atoms with van der Waals surface area (Å²) in [5.74, 6) is 6.14. The topological polar surface area (TPSA) is 0 Å². The second kappa shape index (κ2) is 14.5. The summed E-state index contributed by atoms with van der Waals surface area (Å²) < 4.78 is 0. The van der Waals surface area contributed by atoms with Gasteiger partial charge in [-0.05, 0) is 31.6 Å². The van der Waals surface area contributed by atoms with E-state index in [0.29, 0.717) is 5.41 Å². The van der Waals surface area contributed by atoms with E-state index in [4.69, 9.17) is 0 Å². The first-order valence-corrected chi connectivity index (χ1v) is 9.52. The molecule has 0 unspecified atom stereocenters. The molecule has 0 radical (unpaired) electrons. The van der Waals surface area contributed by atoms with Crippen molar-refractivity contribution < 1.29 is 0 Å². The van der Waals surface area contributed by atoms with E-state index in [1.165, 1.54) is 83.5 Å². The van der Waals surface area contributed by atoms with Crippen LogP contribution in [-0.2, 0) is 0 Å². The van der Waals surface area contributed by atoms with Crippen LogP contribution in [-0.4, -0.2) is 0 Å². The first-order chi connectivity index (χ1) is 10.1. The first kappa shape index (κ1) is 20.6. The molecule has 0 rings (SSSR count). The van der Waals surface area contributed by atoms with Crippen LogP contribution in [0.2, 0.25) is 0 Å². The van der Waals surface area contributed by atoms with Crippen LogP contribution in [0, 0.1) is 17.3 Å². The molecule has 0 saturated heterocycles. The van der Waals surface area contributed by atoms with Crippen molar-refractivity contribution in [3.63, 3.8) is 0 Å². The molecule has 0 fully saturated rings. The molecule has 0 bridgehead atoms. The van der Waals surface area contributed by atoms with Gasteiger partial charge in [0.25, 0.3) is 0 Å². The van der Waals surface area contributed by atoms with E-state index in [-0.39, 0.29) is 0 Å². The van der Waals surface area contributed by atoms with Gasteiger partial charge in [-0.1, -0.05) is 85.0 Å². The van der Waals surface area contributed by atoms with Crippen molar-refractivity contribution in [2.45, 2.75) is 118 Å². The molecule has 0 aliphatic rings. The quantitative estimate of drug-likeness (QED) is 0.229. The number of hydrogen-bond donors (Lipinski definition) is 0. The standard InChI is InChI=1S/C21H40/c1-5-7-9-11-13-14-16-18-20-21(3,4)19-17-15-12-10-8-6-2/h5,7,9-20H2,1-4H3. The van der Waals surface area contributed by atoms with Gasteiger partial charge in [0.15, 0.2) is 0 Å². The summed E-state index contributed by atoms with van der Waals surface area (Å²) in [6.45, 7) is 9.15. The van der Waals surface area contributed by atoms with Crippen LogP contribution in [0.25, 0.3) is 0 Å². The maximum atomic E-state index is 3.16. The van der Waals surface area contributed by atoms with Gasteiger partial charge in [-0.15, -0.1) is 11.8 Å². The normalized spacial score (nSPS) is 11.2. The summed E-state index contributed by atoms with van der Waals surface area (Å²) in [6.07, 6.45) is 19.4. The Bertz CT molecular complexity index is 263. The van der Waals surface area contributed by atoms with Crippen LogP contribution < -0.4 is 0 Å². The molecule has 0 aromatic rings. The third-order valence-corrected chi connectivity index (χ3v) is 4.54. The van der Waals surface area contributed by atoms with E-state index in [1.54, 1.807) is 0 Å². The van der Waals surface area contributed by atoms with E-state index in [9.17, 15) is 0 Å². The largest absolute Gasteiger partial charge is 0.107 e. The summed E-state index contributed by atoms with van der Waals surface area (Å²) in [5, 5.41) is 0. The van der Waals surface area contributed by atoms with Crippen molar-refractivity contribution in [2.75, 3.05) is 0 Å². The molecule has 0 saturated carbocycles. The molecule has 0 aliphatic carbocycles. The van der Waals surface area contributed by atoms with Crippen molar-refractivity contribution in [3.05, 3.63) is 0 Å². The fourth-order valence-electron chi connectivity index (χ4n) is 2.98. The molecule has 0 spiro atoms. The van der Waals surface area contributed by atoms with E-state index >= 15 is 0 Å². The average molecular weight is 293 g/mol. The summed E-state index contributed by atoms with van der Waals surface area (Å²) >= 11 is 0. The number of unbranched alkanes of at least 4 members (excludes halogenated alkanes) is 10. The highest BCUT2D eigenvalue weighted by Crippen LogP contribution is 2.30. The molecular weight excluding hydrogens is 252 g/mol. The lowest BCUT2D eigenvalue weighted by molar-refractivity contribution is 0.283. The summed E-state index contributed by atoms with van der Waals surface area (Å²) in [6, 6.07) is 0.